The molecule has 0 N–H and O–H groups in total. The number of methoxy groups -OCH3 is 1. The molecule has 0 aliphatic heterocycles. The second-order valence-corrected chi connectivity index (χ2v) is 4.82. The lowest BCUT2D eigenvalue weighted by atomic mass is 10.2. The van der Waals surface area contributed by atoms with Gasteiger partial charge in [0.2, 0.25) is 0 Å². The van der Waals surface area contributed by atoms with Crippen LogP contribution in [0.5, 0.6) is 0 Å². The van der Waals surface area contributed by atoms with Gasteiger partial charge in [0.15, 0.2) is 0 Å². The van der Waals surface area contributed by atoms with Crippen molar-refractivity contribution in [3.63, 3.8) is 0 Å². The molecule has 0 spiro atoms. The molecule has 0 radical (unpaired) electrons. The molecule has 1 amide bonds. The monoisotopic (exact) mass is 341 g/mol. The van der Waals surface area contributed by atoms with E-state index in [9.17, 15) is 22.8 Å². The summed E-state index contributed by atoms with van der Waals surface area (Å²) in [5, 5.41) is 3.65. The summed E-state index contributed by atoms with van der Waals surface area (Å²) in [7, 11) is 2.39. The molecule has 9 heteroatoms. The van der Waals surface area contributed by atoms with Crippen molar-refractivity contribution in [1.82, 2.24) is 9.78 Å². The third-order valence-electron chi connectivity index (χ3n) is 3.30. The van der Waals surface area contributed by atoms with Crippen LogP contribution >= 0.6 is 0 Å². The second kappa shape index (κ2) is 7.16. The summed E-state index contributed by atoms with van der Waals surface area (Å²) in [6.07, 6.45) is -1.96. The molecule has 2 rings (SSSR count). The molecule has 2 aromatic rings. The average Bonchev–Trinajstić information content (AvgIpc) is 2.93. The Morgan fingerprint density at radius 1 is 1.38 bits per heavy atom. The van der Waals surface area contributed by atoms with Gasteiger partial charge in [-0.15, -0.1) is 0 Å². The summed E-state index contributed by atoms with van der Waals surface area (Å²) in [5.74, 6) is -2.33. The van der Waals surface area contributed by atoms with Crippen molar-refractivity contribution < 1.29 is 27.5 Å². The Balaban J connectivity index is 2.47. The first-order valence-corrected chi connectivity index (χ1v) is 6.79. The van der Waals surface area contributed by atoms with Crippen LogP contribution in [0, 0.1) is 5.82 Å². The Labute approximate surface area is 135 Å². The van der Waals surface area contributed by atoms with Gasteiger partial charge in [-0.1, -0.05) is 6.07 Å². The van der Waals surface area contributed by atoms with Gasteiger partial charge in [0, 0.05) is 12.7 Å². The number of amides is 1. The Morgan fingerprint density at radius 3 is 2.67 bits per heavy atom. The van der Waals surface area contributed by atoms with Gasteiger partial charge in [0.1, 0.15) is 18.1 Å². The lowest BCUT2D eigenvalue weighted by molar-refractivity contribution is -0.138. The van der Waals surface area contributed by atoms with Gasteiger partial charge in [0.25, 0.3) is 12.3 Å². The van der Waals surface area contributed by atoms with Crippen LogP contribution in [0.2, 0.25) is 0 Å². The molecule has 0 unspecified atom stereocenters. The summed E-state index contributed by atoms with van der Waals surface area (Å²) in [4.78, 5) is 25.1. The third-order valence-corrected chi connectivity index (χ3v) is 3.30. The highest BCUT2D eigenvalue weighted by Crippen LogP contribution is 2.25. The van der Waals surface area contributed by atoms with E-state index < -0.39 is 36.4 Å². The fourth-order valence-corrected chi connectivity index (χ4v) is 2.13. The van der Waals surface area contributed by atoms with Gasteiger partial charge in [-0.3, -0.25) is 19.2 Å². The van der Waals surface area contributed by atoms with Crippen molar-refractivity contribution in [3.8, 4) is 0 Å². The van der Waals surface area contributed by atoms with E-state index in [4.69, 9.17) is 0 Å². The number of esters is 1. The number of nitrogens with zero attached hydrogens (tertiary/aromatic N) is 3. The number of alkyl halides is 2. The predicted octanol–water partition coefficient (Wildman–Crippen LogP) is 2.32. The molecule has 0 saturated heterocycles. The minimum absolute atomic E-state index is 0.0365. The summed E-state index contributed by atoms with van der Waals surface area (Å²) in [6, 6.07) is 4.88. The quantitative estimate of drug-likeness (QED) is 0.783. The third kappa shape index (κ3) is 3.55. The normalized spacial score (nSPS) is 10.8. The fraction of sp³-hybridized carbons (Fsp3) is 0.267. The highest BCUT2D eigenvalue weighted by atomic mass is 19.3. The van der Waals surface area contributed by atoms with Gasteiger partial charge in [-0.25, -0.2) is 13.2 Å². The molecule has 128 valence electrons. The molecule has 0 aliphatic carbocycles. The molecular weight excluding hydrogens is 327 g/mol. The van der Waals surface area contributed by atoms with E-state index >= 15 is 0 Å². The number of halogens is 3. The van der Waals surface area contributed by atoms with Crippen LogP contribution in [0.1, 0.15) is 22.5 Å². The number of ether oxygens (including phenoxy) is 1. The van der Waals surface area contributed by atoms with Crippen LogP contribution in [0.25, 0.3) is 0 Å². The summed E-state index contributed by atoms with van der Waals surface area (Å²) in [6.45, 7) is -0.559. The number of carbonyl (C=O) groups is 2. The minimum Gasteiger partial charge on any atom is -0.468 e. The Hall–Kier alpha value is -2.84. The highest BCUT2D eigenvalue weighted by molar-refractivity contribution is 6.08. The molecule has 0 saturated carbocycles. The van der Waals surface area contributed by atoms with Crippen molar-refractivity contribution in [2.45, 2.75) is 6.43 Å². The topological polar surface area (TPSA) is 64.4 Å². The van der Waals surface area contributed by atoms with Crippen molar-refractivity contribution in [2.75, 3.05) is 18.6 Å². The Bertz CT molecular complexity index is 761. The van der Waals surface area contributed by atoms with Gasteiger partial charge >= 0.3 is 5.97 Å². The molecule has 1 heterocycles. The highest BCUT2D eigenvalue weighted by Gasteiger charge is 2.29. The van der Waals surface area contributed by atoms with Crippen molar-refractivity contribution >= 4 is 17.6 Å². The number of carbonyl (C=O) groups excluding carboxylic acids is 2. The molecule has 0 aliphatic rings. The zero-order valence-corrected chi connectivity index (χ0v) is 12.9. The molecule has 0 atom stereocenters. The Morgan fingerprint density at radius 2 is 2.08 bits per heavy atom. The number of hydrogen-bond donors (Lipinski definition) is 0. The first kappa shape index (κ1) is 17.5. The summed E-state index contributed by atoms with van der Waals surface area (Å²) < 4.78 is 45.1. The van der Waals surface area contributed by atoms with Gasteiger partial charge in [-0.05, 0) is 18.2 Å². The smallest absolute Gasteiger partial charge is 0.325 e. The predicted molar refractivity (Wildman–Crippen MR) is 78.3 cm³/mol. The van der Waals surface area contributed by atoms with Crippen molar-refractivity contribution in [2.24, 2.45) is 7.05 Å². The number of benzene rings is 1. The summed E-state index contributed by atoms with van der Waals surface area (Å²) in [5.41, 5.74) is -0.929. The fourth-order valence-electron chi connectivity index (χ4n) is 2.13. The molecule has 1 aromatic carbocycles. The van der Waals surface area contributed by atoms with Crippen molar-refractivity contribution in [3.05, 3.63) is 47.5 Å². The van der Waals surface area contributed by atoms with Crippen LogP contribution in [-0.4, -0.2) is 35.3 Å². The molecule has 6 nitrogen and oxygen atoms in total. The maximum atomic E-state index is 13.4. The first-order valence-electron chi connectivity index (χ1n) is 6.79. The molecule has 1 aromatic heterocycles. The van der Waals surface area contributed by atoms with Gasteiger partial charge in [0.05, 0.1) is 18.9 Å². The van der Waals surface area contributed by atoms with Crippen LogP contribution in [0.3, 0.4) is 0 Å². The standard InChI is InChI=1S/C15H14F3N3O3/c1-20-13(14(17)18)11(7-19-20)15(23)21(8-12(22)24-2)10-5-3-4-9(16)6-10/h3-7,14H,8H2,1-2H3. The van der Waals surface area contributed by atoms with E-state index in [1.807, 2.05) is 0 Å². The lowest BCUT2D eigenvalue weighted by Gasteiger charge is -2.21. The maximum absolute atomic E-state index is 13.4. The zero-order chi connectivity index (χ0) is 17.9. The van der Waals surface area contributed by atoms with Gasteiger partial charge in [-0.2, -0.15) is 5.10 Å². The second-order valence-electron chi connectivity index (χ2n) is 4.82. The number of rotatable bonds is 5. The van der Waals surface area contributed by atoms with E-state index in [1.54, 1.807) is 0 Å². The number of hydrogen-bond acceptors (Lipinski definition) is 4. The van der Waals surface area contributed by atoms with E-state index in [0.717, 1.165) is 35.0 Å². The van der Waals surface area contributed by atoms with E-state index in [1.165, 1.54) is 19.2 Å². The number of aromatic nitrogens is 2. The minimum atomic E-state index is -2.94. The molecule has 0 fully saturated rings. The van der Waals surface area contributed by atoms with Crippen LogP contribution in [0.15, 0.2) is 30.5 Å². The van der Waals surface area contributed by atoms with E-state index in [2.05, 4.69) is 9.84 Å². The average molecular weight is 341 g/mol. The SMILES string of the molecule is COC(=O)CN(C(=O)c1cnn(C)c1C(F)F)c1cccc(F)c1. The van der Waals surface area contributed by atoms with Crippen LogP contribution in [0.4, 0.5) is 18.9 Å². The lowest BCUT2D eigenvalue weighted by Crippen LogP contribution is -2.36. The Kier molecular flexibility index (Phi) is 5.22. The van der Waals surface area contributed by atoms with E-state index in [-0.39, 0.29) is 11.3 Å². The van der Waals surface area contributed by atoms with Crippen LogP contribution in [-0.2, 0) is 16.6 Å². The maximum Gasteiger partial charge on any atom is 0.325 e. The van der Waals surface area contributed by atoms with Crippen molar-refractivity contribution in [1.29, 1.82) is 0 Å². The molecular formula is C15H14F3N3O3. The first-order chi connectivity index (χ1) is 11.3. The largest absolute Gasteiger partial charge is 0.468 e. The number of aryl methyl sites for hydroxylation is 1. The summed E-state index contributed by atoms with van der Waals surface area (Å²) >= 11 is 0. The van der Waals surface area contributed by atoms with E-state index in [0.29, 0.717) is 0 Å². The molecule has 0 bridgehead atoms. The van der Waals surface area contributed by atoms with Gasteiger partial charge < -0.3 is 4.74 Å². The van der Waals surface area contributed by atoms with Crippen LogP contribution < -0.4 is 4.90 Å². The molecule has 24 heavy (non-hydrogen) atoms. The zero-order valence-electron chi connectivity index (χ0n) is 12.9. The number of anilines is 1.